The molecule has 84 valence electrons. The van der Waals surface area contributed by atoms with Crippen molar-refractivity contribution in [1.82, 2.24) is 0 Å². The van der Waals surface area contributed by atoms with Crippen LogP contribution in [0.25, 0.3) is 0 Å². The highest BCUT2D eigenvalue weighted by atomic mass is 16.5. The molecule has 0 amide bonds. The molecule has 0 fully saturated rings. The summed E-state index contributed by atoms with van der Waals surface area (Å²) in [6, 6.07) is 10.1. The maximum absolute atomic E-state index is 9.94. The van der Waals surface area contributed by atoms with E-state index in [-0.39, 0.29) is 12.0 Å². The summed E-state index contributed by atoms with van der Waals surface area (Å²) in [5.41, 5.74) is 1.19. The fourth-order valence-corrected chi connectivity index (χ4v) is 1.55. The second-order valence-electron chi connectivity index (χ2n) is 4.02. The standard InChI is InChI=1S/C13H20O2/c1-11(8-9-15-2)13(14)10-12-6-4-3-5-7-12/h3-7,11,13-14H,8-10H2,1-2H3. The third-order valence-electron chi connectivity index (χ3n) is 2.72. The highest BCUT2D eigenvalue weighted by Crippen LogP contribution is 2.13. The van der Waals surface area contributed by atoms with Gasteiger partial charge in [0.25, 0.3) is 0 Å². The van der Waals surface area contributed by atoms with Gasteiger partial charge in [0, 0.05) is 13.7 Å². The van der Waals surface area contributed by atoms with Gasteiger partial charge in [0.15, 0.2) is 0 Å². The van der Waals surface area contributed by atoms with E-state index in [1.807, 2.05) is 30.3 Å². The fraction of sp³-hybridized carbons (Fsp3) is 0.538. The lowest BCUT2D eigenvalue weighted by Crippen LogP contribution is -2.21. The number of ether oxygens (including phenoxy) is 1. The first-order chi connectivity index (χ1) is 7.24. The Labute approximate surface area is 91.9 Å². The molecule has 1 N–H and O–H groups in total. The number of rotatable bonds is 6. The van der Waals surface area contributed by atoms with Gasteiger partial charge in [-0.1, -0.05) is 37.3 Å². The largest absolute Gasteiger partial charge is 0.393 e. The zero-order valence-electron chi connectivity index (χ0n) is 9.52. The Kier molecular flexibility index (Phi) is 5.37. The number of hydrogen-bond acceptors (Lipinski definition) is 2. The molecule has 0 spiro atoms. The molecule has 0 aliphatic rings. The minimum atomic E-state index is -0.275. The van der Waals surface area contributed by atoms with Crippen LogP contribution in [0, 0.1) is 5.92 Å². The van der Waals surface area contributed by atoms with Crippen LogP contribution >= 0.6 is 0 Å². The molecular weight excluding hydrogens is 188 g/mol. The molecule has 2 atom stereocenters. The van der Waals surface area contributed by atoms with Crippen molar-refractivity contribution in [3.8, 4) is 0 Å². The monoisotopic (exact) mass is 208 g/mol. The van der Waals surface area contributed by atoms with E-state index in [0.717, 1.165) is 12.8 Å². The van der Waals surface area contributed by atoms with Crippen molar-refractivity contribution in [2.45, 2.75) is 25.9 Å². The average molecular weight is 208 g/mol. The molecule has 2 nitrogen and oxygen atoms in total. The van der Waals surface area contributed by atoms with Crippen LogP contribution in [0.4, 0.5) is 0 Å². The Morgan fingerprint density at radius 2 is 1.93 bits per heavy atom. The van der Waals surface area contributed by atoms with Gasteiger partial charge in [-0.2, -0.15) is 0 Å². The molecule has 1 aromatic rings. The molecular formula is C13H20O2. The van der Waals surface area contributed by atoms with Crippen LogP contribution in [-0.2, 0) is 11.2 Å². The zero-order chi connectivity index (χ0) is 11.1. The van der Waals surface area contributed by atoms with E-state index in [1.165, 1.54) is 5.56 Å². The summed E-state index contributed by atoms with van der Waals surface area (Å²) in [5, 5.41) is 9.94. The van der Waals surface area contributed by atoms with Gasteiger partial charge < -0.3 is 9.84 Å². The van der Waals surface area contributed by atoms with Gasteiger partial charge in [-0.15, -0.1) is 0 Å². The van der Waals surface area contributed by atoms with E-state index in [4.69, 9.17) is 4.74 Å². The Bertz CT molecular complexity index is 258. The molecule has 2 heteroatoms. The topological polar surface area (TPSA) is 29.5 Å². The molecule has 1 aromatic carbocycles. The van der Waals surface area contributed by atoms with Crippen LogP contribution in [0.2, 0.25) is 0 Å². The molecule has 0 saturated heterocycles. The van der Waals surface area contributed by atoms with Crippen LogP contribution in [-0.4, -0.2) is 24.9 Å². The van der Waals surface area contributed by atoms with Crippen LogP contribution < -0.4 is 0 Å². The van der Waals surface area contributed by atoms with Crippen molar-refractivity contribution in [2.24, 2.45) is 5.92 Å². The Hall–Kier alpha value is -0.860. The van der Waals surface area contributed by atoms with E-state index in [9.17, 15) is 5.11 Å². The normalized spacial score (nSPS) is 14.9. The van der Waals surface area contributed by atoms with Gasteiger partial charge in [0.05, 0.1) is 6.10 Å². The van der Waals surface area contributed by atoms with Gasteiger partial charge in [-0.3, -0.25) is 0 Å². The van der Waals surface area contributed by atoms with Crippen molar-refractivity contribution >= 4 is 0 Å². The van der Waals surface area contributed by atoms with Crippen molar-refractivity contribution < 1.29 is 9.84 Å². The van der Waals surface area contributed by atoms with E-state index >= 15 is 0 Å². The predicted molar refractivity (Wildman–Crippen MR) is 61.8 cm³/mol. The molecule has 0 saturated carbocycles. The van der Waals surface area contributed by atoms with Crippen molar-refractivity contribution in [1.29, 1.82) is 0 Å². The van der Waals surface area contributed by atoms with Gasteiger partial charge in [0.2, 0.25) is 0 Å². The van der Waals surface area contributed by atoms with Crippen molar-refractivity contribution in [3.63, 3.8) is 0 Å². The minimum absolute atomic E-state index is 0.275. The molecule has 0 radical (unpaired) electrons. The number of aliphatic hydroxyl groups is 1. The average Bonchev–Trinajstić information content (AvgIpc) is 2.27. The lowest BCUT2D eigenvalue weighted by molar-refractivity contribution is 0.0887. The van der Waals surface area contributed by atoms with Gasteiger partial charge in [-0.25, -0.2) is 0 Å². The second kappa shape index (κ2) is 6.59. The molecule has 0 aliphatic carbocycles. The predicted octanol–water partition coefficient (Wildman–Crippen LogP) is 2.26. The van der Waals surface area contributed by atoms with E-state index in [1.54, 1.807) is 7.11 Å². The van der Waals surface area contributed by atoms with Crippen LogP contribution in [0.1, 0.15) is 18.9 Å². The summed E-state index contributed by atoms with van der Waals surface area (Å²) in [7, 11) is 1.69. The summed E-state index contributed by atoms with van der Waals surface area (Å²) >= 11 is 0. The van der Waals surface area contributed by atoms with E-state index in [0.29, 0.717) is 6.61 Å². The van der Waals surface area contributed by atoms with E-state index in [2.05, 4.69) is 6.92 Å². The molecule has 15 heavy (non-hydrogen) atoms. The smallest absolute Gasteiger partial charge is 0.0606 e. The van der Waals surface area contributed by atoms with Gasteiger partial charge >= 0.3 is 0 Å². The molecule has 1 rings (SSSR count). The minimum Gasteiger partial charge on any atom is -0.393 e. The maximum Gasteiger partial charge on any atom is 0.0606 e. The van der Waals surface area contributed by atoms with Gasteiger partial charge in [-0.05, 0) is 24.3 Å². The molecule has 0 bridgehead atoms. The van der Waals surface area contributed by atoms with Crippen LogP contribution in [0.3, 0.4) is 0 Å². The Morgan fingerprint density at radius 3 is 2.53 bits per heavy atom. The lowest BCUT2D eigenvalue weighted by atomic mass is 9.95. The second-order valence-corrected chi connectivity index (χ2v) is 4.02. The molecule has 0 aliphatic heterocycles. The van der Waals surface area contributed by atoms with Crippen molar-refractivity contribution in [2.75, 3.05) is 13.7 Å². The maximum atomic E-state index is 9.94. The Balaban J connectivity index is 2.38. The number of aliphatic hydroxyl groups excluding tert-OH is 1. The number of methoxy groups -OCH3 is 1. The first kappa shape index (κ1) is 12.2. The molecule has 2 unspecified atom stereocenters. The summed E-state index contributed by atoms with van der Waals surface area (Å²) in [6.07, 6.45) is 1.36. The SMILES string of the molecule is COCCC(C)C(O)Cc1ccccc1. The first-order valence-corrected chi connectivity index (χ1v) is 5.45. The summed E-state index contributed by atoms with van der Waals surface area (Å²) in [6.45, 7) is 2.78. The fourth-order valence-electron chi connectivity index (χ4n) is 1.55. The summed E-state index contributed by atoms with van der Waals surface area (Å²) in [5.74, 6) is 0.283. The summed E-state index contributed by atoms with van der Waals surface area (Å²) < 4.78 is 5.00. The van der Waals surface area contributed by atoms with Crippen molar-refractivity contribution in [3.05, 3.63) is 35.9 Å². The Morgan fingerprint density at radius 1 is 1.27 bits per heavy atom. The third kappa shape index (κ3) is 4.45. The zero-order valence-corrected chi connectivity index (χ0v) is 9.52. The third-order valence-corrected chi connectivity index (χ3v) is 2.72. The first-order valence-electron chi connectivity index (χ1n) is 5.45. The van der Waals surface area contributed by atoms with Crippen LogP contribution in [0.5, 0.6) is 0 Å². The number of benzene rings is 1. The van der Waals surface area contributed by atoms with E-state index < -0.39 is 0 Å². The highest BCUT2D eigenvalue weighted by molar-refractivity contribution is 5.15. The van der Waals surface area contributed by atoms with Gasteiger partial charge in [0.1, 0.15) is 0 Å². The molecule has 0 heterocycles. The highest BCUT2D eigenvalue weighted by Gasteiger charge is 2.14. The molecule has 0 aromatic heterocycles. The quantitative estimate of drug-likeness (QED) is 0.777. The van der Waals surface area contributed by atoms with Crippen LogP contribution in [0.15, 0.2) is 30.3 Å². The lowest BCUT2D eigenvalue weighted by Gasteiger charge is -2.18. The summed E-state index contributed by atoms with van der Waals surface area (Å²) in [4.78, 5) is 0. The number of hydrogen-bond donors (Lipinski definition) is 1.